The monoisotopic (exact) mass is 718 g/mol. The summed E-state index contributed by atoms with van der Waals surface area (Å²) in [6.45, 7) is 0. The van der Waals surface area contributed by atoms with Crippen LogP contribution in [-0.4, -0.2) is 0 Å². The van der Waals surface area contributed by atoms with E-state index in [4.69, 9.17) is 0 Å². The van der Waals surface area contributed by atoms with Crippen LogP contribution in [0, 0.1) is 0 Å². The van der Waals surface area contributed by atoms with Crippen LogP contribution in [0.1, 0.15) is 33.4 Å². The molecule has 2 heteroatoms. The van der Waals surface area contributed by atoms with Crippen LogP contribution in [0.4, 0.5) is 34.1 Å². The molecule has 0 saturated carbocycles. The first-order chi connectivity index (χ1) is 27.7. The maximum Gasteiger partial charge on any atom is 0.0462 e. The molecule has 2 nitrogen and oxygen atoms in total. The molecule has 0 heterocycles. The standard InChI is InChI=1S/C54H42N2/c1-5-13-43(14-6-1)21-23-45-27-35-51(36-28-45)55(49-17-9-3-10-18-49)53-39-31-47(32-40-53)25-26-48-33-41-54(42-34-48)56(50-19-11-4-12-20-50)52-37-29-46(30-38-52)24-22-44-15-7-2-8-16-44/h1-42H. The van der Waals surface area contributed by atoms with Gasteiger partial charge in [0.15, 0.2) is 0 Å². The Morgan fingerprint density at radius 2 is 0.357 bits per heavy atom. The van der Waals surface area contributed by atoms with Crippen molar-refractivity contribution in [3.63, 3.8) is 0 Å². The van der Waals surface area contributed by atoms with E-state index < -0.39 is 0 Å². The zero-order chi connectivity index (χ0) is 37.8. The van der Waals surface area contributed by atoms with Crippen LogP contribution >= 0.6 is 0 Å². The van der Waals surface area contributed by atoms with Crippen LogP contribution in [0.2, 0.25) is 0 Å². The molecule has 0 aliphatic carbocycles. The summed E-state index contributed by atoms with van der Waals surface area (Å²) in [5.41, 5.74) is 13.6. The van der Waals surface area contributed by atoms with Gasteiger partial charge < -0.3 is 9.80 Å². The molecule has 0 aliphatic rings. The van der Waals surface area contributed by atoms with Crippen LogP contribution < -0.4 is 9.80 Å². The second kappa shape index (κ2) is 17.6. The summed E-state index contributed by atoms with van der Waals surface area (Å²) in [7, 11) is 0. The van der Waals surface area contributed by atoms with Gasteiger partial charge in [-0.3, -0.25) is 0 Å². The second-order valence-electron chi connectivity index (χ2n) is 13.5. The number of hydrogen-bond donors (Lipinski definition) is 0. The van der Waals surface area contributed by atoms with Crippen LogP contribution in [0.15, 0.2) is 218 Å². The fourth-order valence-electron chi connectivity index (χ4n) is 6.69. The highest BCUT2D eigenvalue weighted by Crippen LogP contribution is 2.36. The Balaban J connectivity index is 0.982. The fraction of sp³-hybridized carbons (Fsp3) is 0. The Hall–Kier alpha value is -7.42. The van der Waals surface area contributed by atoms with E-state index >= 15 is 0 Å². The van der Waals surface area contributed by atoms with Crippen molar-refractivity contribution in [2.45, 2.75) is 0 Å². The van der Waals surface area contributed by atoms with Crippen LogP contribution in [-0.2, 0) is 0 Å². The summed E-state index contributed by atoms with van der Waals surface area (Å²) in [5, 5.41) is 0. The lowest BCUT2D eigenvalue weighted by Gasteiger charge is -2.25. The summed E-state index contributed by atoms with van der Waals surface area (Å²) < 4.78 is 0. The van der Waals surface area contributed by atoms with E-state index in [0.717, 1.165) is 56.4 Å². The molecule has 0 saturated heterocycles. The van der Waals surface area contributed by atoms with Crippen LogP contribution in [0.3, 0.4) is 0 Å². The van der Waals surface area contributed by atoms with E-state index in [1.807, 2.05) is 12.1 Å². The number of para-hydroxylation sites is 2. The van der Waals surface area contributed by atoms with Gasteiger partial charge >= 0.3 is 0 Å². The first-order valence-electron chi connectivity index (χ1n) is 19.0. The van der Waals surface area contributed by atoms with Crippen molar-refractivity contribution in [3.8, 4) is 0 Å². The zero-order valence-corrected chi connectivity index (χ0v) is 31.1. The minimum atomic E-state index is 1.10. The molecule has 268 valence electrons. The van der Waals surface area contributed by atoms with Crippen molar-refractivity contribution in [1.82, 2.24) is 0 Å². The minimum absolute atomic E-state index is 1.10. The Morgan fingerprint density at radius 1 is 0.179 bits per heavy atom. The molecule has 0 aromatic heterocycles. The normalized spacial score (nSPS) is 11.4. The SMILES string of the molecule is C(=Cc1ccc(N(c2ccccc2)c2ccc(C=Cc3ccc(N(c4ccccc4)c4ccc(C=Cc5ccccc5)cc4)cc3)cc2)cc1)c1ccccc1. The van der Waals surface area contributed by atoms with Gasteiger partial charge in [-0.1, -0.05) is 182 Å². The minimum Gasteiger partial charge on any atom is -0.311 e. The van der Waals surface area contributed by atoms with Gasteiger partial charge in [0.05, 0.1) is 0 Å². The Kier molecular flexibility index (Phi) is 11.2. The van der Waals surface area contributed by atoms with E-state index in [2.05, 4.69) is 253 Å². The van der Waals surface area contributed by atoms with Crippen molar-refractivity contribution in [2.75, 3.05) is 9.80 Å². The topological polar surface area (TPSA) is 6.48 Å². The van der Waals surface area contributed by atoms with Crippen molar-refractivity contribution in [3.05, 3.63) is 252 Å². The lowest BCUT2D eigenvalue weighted by atomic mass is 10.1. The highest BCUT2D eigenvalue weighted by molar-refractivity contribution is 5.81. The largest absolute Gasteiger partial charge is 0.311 e. The van der Waals surface area contributed by atoms with Gasteiger partial charge in [0.25, 0.3) is 0 Å². The number of anilines is 6. The molecule has 0 atom stereocenters. The van der Waals surface area contributed by atoms with Crippen molar-refractivity contribution in [1.29, 1.82) is 0 Å². The molecule has 0 spiro atoms. The molecule has 0 N–H and O–H groups in total. The lowest BCUT2D eigenvalue weighted by molar-refractivity contribution is 1.28. The van der Waals surface area contributed by atoms with Crippen molar-refractivity contribution < 1.29 is 0 Å². The first-order valence-corrected chi connectivity index (χ1v) is 19.0. The first kappa shape index (κ1) is 35.6. The van der Waals surface area contributed by atoms with E-state index in [1.54, 1.807) is 0 Å². The average Bonchev–Trinajstić information content (AvgIpc) is 3.28. The Morgan fingerprint density at radius 3 is 0.589 bits per heavy atom. The maximum atomic E-state index is 2.30. The van der Waals surface area contributed by atoms with Crippen LogP contribution in [0.25, 0.3) is 36.5 Å². The number of hydrogen-bond acceptors (Lipinski definition) is 2. The average molecular weight is 719 g/mol. The molecule has 0 unspecified atom stereocenters. The number of benzene rings is 8. The summed E-state index contributed by atoms with van der Waals surface area (Å²) in [6.07, 6.45) is 13.0. The summed E-state index contributed by atoms with van der Waals surface area (Å²) in [4.78, 5) is 4.59. The van der Waals surface area contributed by atoms with Gasteiger partial charge in [-0.2, -0.15) is 0 Å². The quantitative estimate of drug-likeness (QED) is 0.116. The third-order valence-corrected chi connectivity index (χ3v) is 9.64. The molecule has 0 bridgehead atoms. The van der Waals surface area contributed by atoms with Gasteiger partial charge in [-0.05, 0) is 106 Å². The van der Waals surface area contributed by atoms with Crippen LogP contribution in [0.5, 0.6) is 0 Å². The zero-order valence-electron chi connectivity index (χ0n) is 31.1. The van der Waals surface area contributed by atoms with Gasteiger partial charge in [-0.25, -0.2) is 0 Å². The fourth-order valence-corrected chi connectivity index (χ4v) is 6.69. The molecule has 8 aromatic carbocycles. The molecule has 8 rings (SSSR count). The van der Waals surface area contributed by atoms with Crippen molar-refractivity contribution in [2.24, 2.45) is 0 Å². The predicted octanol–water partition coefficient (Wildman–Crippen LogP) is 15.1. The summed E-state index contributed by atoms with van der Waals surface area (Å²) in [5.74, 6) is 0. The maximum absolute atomic E-state index is 2.30. The molecule has 0 fully saturated rings. The molecule has 0 amide bonds. The smallest absolute Gasteiger partial charge is 0.0462 e. The van der Waals surface area contributed by atoms with E-state index in [1.165, 1.54) is 11.1 Å². The Bertz CT molecular complexity index is 2320. The van der Waals surface area contributed by atoms with E-state index in [0.29, 0.717) is 0 Å². The van der Waals surface area contributed by atoms with E-state index in [-0.39, 0.29) is 0 Å². The Labute approximate surface area is 330 Å². The molecule has 0 aliphatic heterocycles. The molecule has 56 heavy (non-hydrogen) atoms. The molecule has 8 aromatic rings. The molecular weight excluding hydrogens is 677 g/mol. The molecule has 0 radical (unpaired) electrons. The molecular formula is C54H42N2. The highest BCUT2D eigenvalue weighted by Gasteiger charge is 2.13. The third kappa shape index (κ3) is 9.02. The number of nitrogens with zero attached hydrogens (tertiary/aromatic N) is 2. The van der Waals surface area contributed by atoms with Gasteiger partial charge in [-0.15, -0.1) is 0 Å². The lowest BCUT2D eigenvalue weighted by Crippen LogP contribution is -2.09. The number of rotatable bonds is 12. The van der Waals surface area contributed by atoms with Gasteiger partial charge in [0.1, 0.15) is 0 Å². The van der Waals surface area contributed by atoms with Gasteiger partial charge in [0, 0.05) is 34.1 Å². The summed E-state index contributed by atoms with van der Waals surface area (Å²) in [6, 6.07) is 76.8. The second-order valence-corrected chi connectivity index (χ2v) is 13.5. The third-order valence-electron chi connectivity index (χ3n) is 9.64. The van der Waals surface area contributed by atoms with Crippen molar-refractivity contribution >= 4 is 70.6 Å². The highest BCUT2D eigenvalue weighted by atomic mass is 15.1. The van der Waals surface area contributed by atoms with E-state index in [9.17, 15) is 0 Å². The summed E-state index contributed by atoms with van der Waals surface area (Å²) >= 11 is 0. The predicted molar refractivity (Wildman–Crippen MR) is 242 cm³/mol. The van der Waals surface area contributed by atoms with Gasteiger partial charge in [0.2, 0.25) is 0 Å².